The fraction of sp³-hybridized carbons (Fsp3) is 0.280. The summed E-state index contributed by atoms with van der Waals surface area (Å²) < 4.78 is 5.34. The van der Waals surface area contributed by atoms with Crippen LogP contribution in [0.1, 0.15) is 30.4 Å². The van der Waals surface area contributed by atoms with Crippen LogP contribution in [0.2, 0.25) is 0 Å². The highest BCUT2D eigenvalue weighted by atomic mass is 16.5. The Hall–Kier alpha value is -2.98. The molecule has 0 radical (unpaired) electrons. The number of carbonyl (C=O) groups is 2. The highest BCUT2D eigenvalue weighted by molar-refractivity contribution is 6.01. The van der Waals surface area contributed by atoms with Crippen molar-refractivity contribution in [1.29, 1.82) is 0 Å². The van der Waals surface area contributed by atoms with Crippen molar-refractivity contribution in [1.82, 2.24) is 4.90 Å². The molecule has 0 aromatic heterocycles. The van der Waals surface area contributed by atoms with Gasteiger partial charge in [-0.15, -0.1) is 0 Å². The van der Waals surface area contributed by atoms with Crippen molar-refractivity contribution < 1.29 is 14.3 Å². The third kappa shape index (κ3) is 6.26. The number of ketones is 1. The molecule has 1 unspecified atom stereocenters. The molecule has 1 fully saturated rings. The third-order valence-electron chi connectivity index (χ3n) is 4.92. The van der Waals surface area contributed by atoms with Crippen LogP contribution in [0.5, 0.6) is 5.75 Å². The van der Waals surface area contributed by atoms with Gasteiger partial charge >= 0.3 is 5.97 Å². The number of Topliss-reactive ketones (excluding diaryl/α,β-unsaturated/α-hetero) is 1. The minimum absolute atomic E-state index is 0.0848. The topological polar surface area (TPSA) is 46.6 Å². The molecule has 0 amide bonds. The van der Waals surface area contributed by atoms with E-state index in [9.17, 15) is 9.59 Å². The number of nitrogens with zero attached hydrogens (tertiary/aromatic N) is 1. The Kier molecular flexibility index (Phi) is 7.14. The predicted octanol–water partition coefficient (Wildman–Crippen LogP) is 4.62. The molecule has 1 atom stereocenters. The van der Waals surface area contributed by atoms with E-state index in [1.807, 2.05) is 62.6 Å². The zero-order valence-electron chi connectivity index (χ0n) is 17.0. The van der Waals surface area contributed by atoms with E-state index in [1.54, 1.807) is 18.2 Å². The summed E-state index contributed by atoms with van der Waals surface area (Å²) in [4.78, 5) is 26.8. The maximum atomic E-state index is 12.7. The lowest BCUT2D eigenvalue weighted by molar-refractivity contribution is -0.129. The molecule has 1 aliphatic carbocycles. The van der Waals surface area contributed by atoms with Gasteiger partial charge in [-0.2, -0.15) is 0 Å². The first-order valence-electron chi connectivity index (χ1n) is 9.96. The van der Waals surface area contributed by atoms with E-state index in [1.165, 1.54) is 6.08 Å². The molecule has 3 rings (SSSR count). The first-order chi connectivity index (χ1) is 14.0. The van der Waals surface area contributed by atoms with Gasteiger partial charge in [-0.25, -0.2) is 4.79 Å². The lowest BCUT2D eigenvalue weighted by Crippen LogP contribution is -2.31. The molecule has 0 aliphatic heterocycles. The molecule has 0 saturated heterocycles. The van der Waals surface area contributed by atoms with Gasteiger partial charge in [-0.3, -0.25) is 4.79 Å². The normalized spacial score (nSPS) is 18.5. The molecule has 1 saturated carbocycles. The first-order valence-corrected chi connectivity index (χ1v) is 9.96. The van der Waals surface area contributed by atoms with Crippen molar-refractivity contribution in [3.63, 3.8) is 0 Å². The summed E-state index contributed by atoms with van der Waals surface area (Å²) in [6, 6.07) is 16.9. The smallest absolute Gasteiger partial charge is 0.336 e. The molecule has 0 N–H and O–H groups in total. The van der Waals surface area contributed by atoms with Crippen molar-refractivity contribution in [2.75, 3.05) is 20.6 Å². The Balaban J connectivity index is 1.61. The lowest BCUT2D eigenvalue weighted by Gasteiger charge is -2.25. The summed E-state index contributed by atoms with van der Waals surface area (Å²) in [6.45, 7) is 0.793. The van der Waals surface area contributed by atoms with Crippen molar-refractivity contribution in [3.8, 4) is 5.75 Å². The molecular weight excluding hydrogens is 362 g/mol. The number of ether oxygens (including phenoxy) is 1. The van der Waals surface area contributed by atoms with Crippen LogP contribution in [0.15, 0.2) is 66.2 Å². The zero-order chi connectivity index (χ0) is 20.6. The van der Waals surface area contributed by atoms with E-state index < -0.39 is 5.97 Å². The Labute approximate surface area is 172 Å². The second kappa shape index (κ2) is 9.99. The van der Waals surface area contributed by atoms with Gasteiger partial charge in [0.1, 0.15) is 5.75 Å². The average molecular weight is 389 g/mol. The van der Waals surface area contributed by atoms with Crippen molar-refractivity contribution in [3.05, 3.63) is 77.4 Å². The van der Waals surface area contributed by atoms with Crippen LogP contribution in [0.25, 0.3) is 12.2 Å². The van der Waals surface area contributed by atoms with E-state index >= 15 is 0 Å². The molecule has 4 heteroatoms. The first kappa shape index (κ1) is 20.7. The van der Waals surface area contributed by atoms with E-state index in [0.29, 0.717) is 5.75 Å². The van der Waals surface area contributed by atoms with Crippen LogP contribution in [0.4, 0.5) is 0 Å². The van der Waals surface area contributed by atoms with Crippen LogP contribution >= 0.6 is 0 Å². The molecule has 2 aromatic rings. The van der Waals surface area contributed by atoms with E-state index in [4.69, 9.17) is 4.74 Å². The van der Waals surface area contributed by atoms with Gasteiger partial charge in [-0.05, 0) is 74.3 Å². The molecular formula is C25H27NO3. The molecule has 29 heavy (non-hydrogen) atoms. The Morgan fingerprint density at radius 3 is 2.48 bits per heavy atom. The maximum absolute atomic E-state index is 12.7. The van der Waals surface area contributed by atoms with Gasteiger partial charge in [-0.1, -0.05) is 42.5 Å². The number of hydrogen-bond donors (Lipinski definition) is 0. The van der Waals surface area contributed by atoms with Crippen LogP contribution < -0.4 is 4.74 Å². The zero-order valence-corrected chi connectivity index (χ0v) is 17.0. The monoisotopic (exact) mass is 389 g/mol. The van der Waals surface area contributed by atoms with Crippen LogP contribution in [0, 0.1) is 5.92 Å². The van der Waals surface area contributed by atoms with Gasteiger partial charge < -0.3 is 9.64 Å². The maximum Gasteiger partial charge on any atom is 0.336 e. The fourth-order valence-corrected chi connectivity index (χ4v) is 3.53. The van der Waals surface area contributed by atoms with E-state index in [0.717, 1.165) is 42.5 Å². The van der Waals surface area contributed by atoms with E-state index in [-0.39, 0.29) is 11.7 Å². The summed E-state index contributed by atoms with van der Waals surface area (Å²) in [7, 11) is 4.00. The van der Waals surface area contributed by atoms with Gasteiger partial charge in [0.25, 0.3) is 0 Å². The Morgan fingerprint density at radius 1 is 1.07 bits per heavy atom. The molecule has 150 valence electrons. The molecule has 0 spiro atoms. The molecule has 0 heterocycles. The highest BCUT2D eigenvalue weighted by Crippen LogP contribution is 2.27. The second-order valence-electron chi connectivity index (χ2n) is 7.62. The van der Waals surface area contributed by atoms with Gasteiger partial charge in [0.05, 0.1) is 0 Å². The van der Waals surface area contributed by atoms with Crippen LogP contribution in [-0.2, 0) is 9.59 Å². The Bertz CT molecular complexity index is 895. The molecule has 0 bridgehead atoms. The van der Waals surface area contributed by atoms with Crippen LogP contribution in [-0.4, -0.2) is 37.3 Å². The summed E-state index contributed by atoms with van der Waals surface area (Å²) in [6.07, 6.45) is 7.92. The van der Waals surface area contributed by atoms with Crippen LogP contribution in [0.3, 0.4) is 0 Å². The SMILES string of the molecule is CN(C)CC1CCCC(=Cc2ccc(OC(=O)C=Cc3ccccc3)cc2)C1=O. The number of rotatable bonds is 6. The summed E-state index contributed by atoms with van der Waals surface area (Å²) >= 11 is 0. The minimum Gasteiger partial charge on any atom is -0.423 e. The van der Waals surface area contributed by atoms with E-state index in [2.05, 4.69) is 4.90 Å². The lowest BCUT2D eigenvalue weighted by atomic mass is 9.83. The van der Waals surface area contributed by atoms with Crippen molar-refractivity contribution >= 4 is 23.9 Å². The minimum atomic E-state index is -0.422. The largest absolute Gasteiger partial charge is 0.423 e. The van der Waals surface area contributed by atoms with Gasteiger partial charge in [0, 0.05) is 18.5 Å². The summed E-state index contributed by atoms with van der Waals surface area (Å²) in [5, 5.41) is 0. The predicted molar refractivity (Wildman–Crippen MR) is 116 cm³/mol. The summed E-state index contributed by atoms with van der Waals surface area (Å²) in [5.41, 5.74) is 2.77. The molecule has 1 aliphatic rings. The number of benzene rings is 2. The number of allylic oxidation sites excluding steroid dienone is 1. The summed E-state index contributed by atoms with van der Waals surface area (Å²) in [5.74, 6) is 0.400. The number of esters is 1. The van der Waals surface area contributed by atoms with Crippen molar-refractivity contribution in [2.45, 2.75) is 19.3 Å². The highest BCUT2D eigenvalue weighted by Gasteiger charge is 2.26. The number of hydrogen-bond acceptors (Lipinski definition) is 4. The molecule has 4 nitrogen and oxygen atoms in total. The number of carbonyl (C=O) groups excluding carboxylic acids is 2. The van der Waals surface area contributed by atoms with Gasteiger partial charge in [0.15, 0.2) is 5.78 Å². The third-order valence-corrected chi connectivity index (χ3v) is 4.92. The quantitative estimate of drug-likeness (QED) is 0.411. The Morgan fingerprint density at radius 2 is 1.79 bits per heavy atom. The fourth-order valence-electron chi connectivity index (χ4n) is 3.53. The standard InChI is InChI=1S/C25H27NO3/c1-26(2)18-22-10-6-9-21(25(22)28)17-20-11-14-23(15-12-20)29-24(27)16-13-19-7-4-3-5-8-19/h3-5,7-8,11-17,22H,6,9-10,18H2,1-2H3. The van der Waals surface area contributed by atoms with Gasteiger partial charge in [0.2, 0.25) is 0 Å². The average Bonchev–Trinajstić information content (AvgIpc) is 2.71. The second-order valence-corrected chi connectivity index (χ2v) is 7.62. The van der Waals surface area contributed by atoms with Crippen molar-refractivity contribution in [2.24, 2.45) is 5.92 Å². The molecule has 2 aromatic carbocycles.